The smallest absolute Gasteiger partial charge is 0.166 e. The van der Waals surface area contributed by atoms with Crippen molar-refractivity contribution < 1.29 is 4.79 Å². The molecule has 1 aliphatic rings. The van der Waals surface area contributed by atoms with E-state index in [1.165, 1.54) is 0 Å². The summed E-state index contributed by atoms with van der Waals surface area (Å²) in [5.41, 5.74) is 8.83. The van der Waals surface area contributed by atoms with E-state index in [2.05, 4.69) is 9.97 Å². The Balaban J connectivity index is 2.41. The van der Waals surface area contributed by atoms with Gasteiger partial charge in [0.2, 0.25) is 0 Å². The minimum atomic E-state index is 0.116. The Morgan fingerprint density at radius 3 is 3.06 bits per heavy atom. The normalized spacial score (nSPS) is 15.1. The highest BCUT2D eigenvalue weighted by molar-refractivity contribution is 6.08. The zero-order valence-corrected chi connectivity index (χ0v) is 8.73. The molecule has 2 heterocycles. The van der Waals surface area contributed by atoms with Crippen molar-refractivity contribution in [2.75, 3.05) is 5.73 Å². The maximum Gasteiger partial charge on any atom is 0.166 e. The summed E-state index contributed by atoms with van der Waals surface area (Å²) >= 11 is 0. The number of anilines is 1. The van der Waals surface area contributed by atoms with Crippen LogP contribution in [0.2, 0.25) is 0 Å². The third kappa shape index (κ3) is 1.19. The zero-order chi connectivity index (χ0) is 11.1. The fourth-order valence-corrected chi connectivity index (χ4v) is 2.23. The molecule has 80 valence electrons. The van der Waals surface area contributed by atoms with E-state index in [-0.39, 0.29) is 5.78 Å². The van der Waals surface area contributed by atoms with E-state index in [0.29, 0.717) is 17.7 Å². The Hall–Kier alpha value is -1.97. The summed E-state index contributed by atoms with van der Waals surface area (Å²) in [7, 11) is 0. The maximum absolute atomic E-state index is 11.8. The number of rotatable bonds is 0. The first-order chi connectivity index (χ1) is 7.77. The average Bonchev–Trinajstić information content (AvgIpc) is 2.29. The molecule has 2 N–H and O–H groups in total. The summed E-state index contributed by atoms with van der Waals surface area (Å²) in [5, 5.41) is 0.823. The van der Waals surface area contributed by atoms with E-state index in [4.69, 9.17) is 5.73 Å². The molecule has 0 fully saturated rings. The first kappa shape index (κ1) is 9.27. The van der Waals surface area contributed by atoms with Crippen LogP contribution in [0.25, 0.3) is 10.9 Å². The van der Waals surface area contributed by atoms with Gasteiger partial charge in [-0.15, -0.1) is 0 Å². The van der Waals surface area contributed by atoms with Gasteiger partial charge in [0.1, 0.15) is 0 Å². The summed E-state index contributed by atoms with van der Waals surface area (Å²) in [4.78, 5) is 20.3. The molecule has 0 aliphatic heterocycles. The molecule has 0 amide bonds. The van der Waals surface area contributed by atoms with Crippen molar-refractivity contribution in [1.82, 2.24) is 9.97 Å². The second kappa shape index (κ2) is 3.27. The Bertz CT molecular complexity index is 592. The van der Waals surface area contributed by atoms with Crippen LogP contribution in [0.3, 0.4) is 0 Å². The monoisotopic (exact) mass is 213 g/mol. The third-order valence-corrected chi connectivity index (χ3v) is 3.00. The highest BCUT2D eigenvalue weighted by atomic mass is 16.1. The molecule has 0 radical (unpaired) electrons. The summed E-state index contributed by atoms with van der Waals surface area (Å²) in [6.45, 7) is 0. The number of hydrogen-bond acceptors (Lipinski definition) is 4. The molecule has 3 rings (SSSR count). The van der Waals surface area contributed by atoms with Crippen molar-refractivity contribution in [3.63, 3.8) is 0 Å². The SMILES string of the molecule is Nc1c2c(nc3cnccc13)CCCC2=O. The van der Waals surface area contributed by atoms with Crippen LogP contribution in [0, 0.1) is 0 Å². The van der Waals surface area contributed by atoms with Crippen LogP contribution in [0.4, 0.5) is 5.69 Å². The number of Topliss-reactive ketones (excluding diaryl/α,β-unsaturated/α-hetero) is 1. The first-order valence-electron chi connectivity index (χ1n) is 5.32. The Morgan fingerprint density at radius 1 is 1.31 bits per heavy atom. The maximum atomic E-state index is 11.8. The molecule has 0 spiro atoms. The lowest BCUT2D eigenvalue weighted by molar-refractivity contribution is 0.0973. The van der Waals surface area contributed by atoms with Crippen molar-refractivity contribution >= 4 is 22.4 Å². The highest BCUT2D eigenvalue weighted by Crippen LogP contribution is 2.30. The molecule has 0 unspecified atom stereocenters. The number of nitrogens with zero attached hydrogens (tertiary/aromatic N) is 2. The van der Waals surface area contributed by atoms with E-state index >= 15 is 0 Å². The van der Waals surface area contributed by atoms with Crippen molar-refractivity contribution in [2.24, 2.45) is 0 Å². The van der Waals surface area contributed by atoms with Crippen LogP contribution in [0.5, 0.6) is 0 Å². The van der Waals surface area contributed by atoms with Gasteiger partial charge in [0, 0.05) is 18.0 Å². The lowest BCUT2D eigenvalue weighted by atomic mass is 9.92. The Kier molecular flexibility index (Phi) is 1.89. The van der Waals surface area contributed by atoms with Crippen LogP contribution in [0.15, 0.2) is 18.5 Å². The lowest BCUT2D eigenvalue weighted by Crippen LogP contribution is -2.15. The Labute approximate surface area is 92.5 Å². The van der Waals surface area contributed by atoms with Gasteiger partial charge in [-0.05, 0) is 18.9 Å². The number of aryl methyl sites for hydroxylation is 1. The predicted octanol–water partition coefficient (Wildman–Crippen LogP) is 1.73. The number of ketones is 1. The van der Waals surface area contributed by atoms with Crippen LogP contribution >= 0.6 is 0 Å². The van der Waals surface area contributed by atoms with Gasteiger partial charge in [0.15, 0.2) is 5.78 Å². The molecule has 0 aromatic carbocycles. The minimum Gasteiger partial charge on any atom is -0.398 e. The van der Waals surface area contributed by atoms with Crippen LogP contribution in [-0.4, -0.2) is 15.8 Å². The number of nitrogens with two attached hydrogens (primary N) is 1. The largest absolute Gasteiger partial charge is 0.398 e. The van der Waals surface area contributed by atoms with Crippen molar-refractivity contribution in [2.45, 2.75) is 19.3 Å². The quantitative estimate of drug-likeness (QED) is 0.723. The molecule has 4 nitrogen and oxygen atoms in total. The molecule has 2 aromatic rings. The van der Waals surface area contributed by atoms with Gasteiger partial charge in [-0.3, -0.25) is 14.8 Å². The van der Waals surface area contributed by atoms with Crippen molar-refractivity contribution in [1.29, 1.82) is 0 Å². The average molecular weight is 213 g/mol. The van der Waals surface area contributed by atoms with Crippen molar-refractivity contribution in [3.8, 4) is 0 Å². The number of pyridine rings is 2. The highest BCUT2D eigenvalue weighted by Gasteiger charge is 2.22. The molecule has 16 heavy (non-hydrogen) atoms. The van der Waals surface area contributed by atoms with Gasteiger partial charge in [0.05, 0.1) is 28.7 Å². The lowest BCUT2D eigenvalue weighted by Gasteiger charge is -2.17. The number of aromatic nitrogens is 2. The fraction of sp³-hybridized carbons (Fsp3) is 0.250. The summed E-state index contributed by atoms with van der Waals surface area (Å²) in [5.74, 6) is 0.116. The van der Waals surface area contributed by atoms with Gasteiger partial charge in [-0.2, -0.15) is 0 Å². The van der Waals surface area contributed by atoms with Gasteiger partial charge in [-0.25, -0.2) is 0 Å². The summed E-state index contributed by atoms with van der Waals surface area (Å²) < 4.78 is 0. The fourth-order valence-electron chi connectivity index (χ4n) is 2.23. The second-order valence-electron chi connectivity index (χ2n) is 4.02. The molecule has 2 aromatic heterocycles. The molecule has 0 atom stereocenters. The molecule has 0 saturated carbocycles. The first-order valence-corrected chi connectivity index (χ1v) is 5.32. The summed E-state index contributed by atoms with van der Waals surface area (Å²) in [6, 6.07) is 1.81. The molecular formula is C12H11N3O. The molecule has 0 saturated heterocycles. The standard InChI is InChI=1S/C12H11N3O/c13-12-7-4-5-14-6-9(7)15-8-2-1-3-10(16)11(8)12/h4-6H,1-3H2,(H2,13,15). The predicted molar refractivity (Wildman–Crippen MR) is 61.2 cm³/mol. The van der Waals surface area contributed by atoms with Gasteiger partial charge < -0.3 is 5.73 Å². The molecule has 0 bridgehead atoms. The third-order valence-electron chi connectivity index (χ3n) is 3.00. The Morgan fingerprint density at radius 2 is 2.19 bits per heavy atom. The van der Waals surface area contributed by atoms with Crippen LogP contribution in [-0.2, 0) is 6.42 Å². The topological polar surface area (TPSA) is 68.9 Å². The molecular weight excluding hydrogens is 202 g/mol. The molecule has 4 heteroatoms. The van der Waals surface area contributed by atoms with Crippen LogP contribution < -0.4 is 5.73 Å². The van der Waals surface area contributed by atoms with Gasteiger partial charge >= 0.3 is 0 Å². The number of hydrogen-bond donors (Lipinski definition) is 1. The van der Waals surface area contributed by atoms with E-state index in [1.807, 2.05) is 0 Å². The summed E-state index contributed by atoms with van der Waals surface area (Å²) in [6.07, 6.45) is 5.63. The van der Waals surface area contributed by atoms with E-state index < -0.39 is 0 Å². The minimum absolute atomic E-state index is 0.116. The molecule has 1 aliphatic carbocycles. The van der Waals surface area contributed by atoms with Crippen LogP contribution in [0.1, 0.15) is 28.9 Å². The van der Waals surface area contributed by atoms with E-state index in [0.717, 1.165) is 29.4 Å². The van der Waals surface area contributed by atoms with Gasteiger partial charge in [0.25, 0.3) is 0 Å². The zero-order valence-electron chi connectivity index (χ0n) is 8.73. The van der Waals surface area contributed by atoms with Crippen molar-refractivity contribution in [3.05, 3.63) is 29.7 Å². The number of carbonyl (C=O) groups excluding carboxylic acids is 1. The number of fused-ring (bicyclic) bond motifs is 2. The van der Waals surface area contributed by atoms with E-state index in [1.54, 1.807) is 18.5 Å². The van der Waals surface area contributed by atoms with E-state index in [9.17, 15) is 4.79 Å². The van der Waals surface area contributed by atoms with Gasteiger partial charge in [-0.1, -0.05) is 0 Å². The second-order valence-corrected chi connectivity index (χ2v) is 4.02. The number of nitrogen functional groups attached to an aromatic ring is 1. The number of carbonyl (C=O) groups is 1.